The Hall–Kier alpha value is -0.380. The van der Waals surface area contributed by atoms with Crippen molar-refractivity contribution in [2.75, 3.05) is 19.8 Å². The summed E-state index contributed by atoms with van der Waals surface area (Å²) in [5.41, 5.74) is 2.59. The summed E-state index contributed by atoms with van der Waals surface area (Å²) in [6, 6.07) is 6.48. The molecule has 94 valence electrons. The van der Waals surface area contributed by atoms with E-state index in [1.165, 1.54) is 28.4 Å². The van der Waals surface area contributed by atoms with Crippen LogP contribution in [0.25, 0.3) is 0 Å². The van der Waals surface area contributed by atoms with E-state index in [-0.39, 0.29) is 0 Å². The molecule has 0 bridgehead atoms. The molecule has 3 heteroatoms. The molecule has 0 radical (unpaired) electrons. The molecular formula is C14H20BrNO. The Morgan fingerprint density at radius 2 is 2.24 bits per heavy atom. The summed E-state index contributed by atoms with van der Waals surface area (Å²) in [4.78, 5) is 0. The Labute approximate surface area is 112 Å². The lowest BCUT2D eigenvalue weighted by Gasteiger charge is -2.07. The van der Waals surface area contributed by atoms with Crippen molar-refractivity contribution in [2.24, 2.45) is 5.92 Å². The summed E-state index contributed by atoms with van der Waals surface area (Å²) < 4.78 is 6.75. The topological polar surface area (TPSA) is 21.3 Å². The first-order valence-electron chi connectivity index (χ1n) is 6.29. The van der Waals surface area contributed by atoms with E-state index < -0.39 is 0 Å². The maximum absolute atomic E-state index is 5.57. The van der Waals surface area contributed by atoms with Gasteiger partial charge in [-0.1, -0.05) is 28.1 Å². The third kappa shape index (κ3) is 4.78. The number of hydrogen-bond donors (Lipinski definition) is 1. The van der Waals surface area contributed by atoms with Gasteiger partial charge in [0.15, 0.2) is 0 Å². The molecule has 0 amide bonds. The fourth-order valence-corrected chi connectivity index (χ4v) is 2.08. The predicted molar refractivity (Wildman–Crippen MR) is 74.1 cm³/mol. The van der Waals surface area contributed by atoms with Crippen LogP contribution in [0.3, 0.4) is 0 Å². The van der Waals surface area contributed by atoms with Crippen LogP contribution in [0.2, 0.25) is 0 Å². The predicted octanol–water partition coefficient (Wildman–Crippen LogP) is 3.27. The molecule has 0 saturated heterocycles. The van der Waals surface area contributed by atoms with Crippen LogP contribution >= 0.6 is 15.9 Å². The highest BCUT2D eigenvalue weighted by molar-refractivity contribution is 9.10. The van der Waals surface area contributed by atoms with E-state index in [9.17, 15) is 0 Å². The smallest absolute Gasteiger partial charge is 0.0591 e. The van der Waals surface area contributed by atoms with E-state index in [1.54, 1.807) is 0 Å². The van der Waals surface area contributed by atoms with Crippen molar-refractivity contribution >= 4 is 15.9 Å². The lowest BCUT2D eigenvalue weighted by atomic mass is 10.1. The molecule has 0 atom stereocenters. The number of nitrogens with one attached hydrogen (secondary N) is 1. The summed E-state index contributed by atoms with van der Waals surface area (Å²) in [6.07, 6.45) is 2.73. The monoisotopic (exact) mass is 297 g/mol. The quantitative estimate of drug-likeness (QED) is 0.780. The van der Waals surface area contributed by atoms with Crippen LogP contribution in [0, 0.1) is 12.8 Å². The van der Waals surface area contributed by atoms with Crippen molar-refractivity contribution in [3.05, 3.63) is 33.8 Å². The molecule has 1 N–H and O–H groups in total. The second-order valence-electron chi connectivity index (χ2n) is 4.78. The Morgan fingerprint density at radius 1 is 1.41 bits per heavy atom. The minimum atomic E-state index is 0.823. The zero-order valence-corrected chi connectivity index (χ0v) is 11.9. The second kappa shape index (κ2) is 6.53. The minimum absolute atomic E-state index is 0.823. The second-order valence-corrected chi connectivity index (χ2v) is 5.63. The number of aryl methyl sites for hydroxylation is 1. The maximum Gasteiger partial charge on any atom is 0.0591 e. The summed E-state index contributed by atoms with van der Waals surface area (Å²) in [5, 5.41) is 3.40. The Balaban J connectivity index is 1.58. The van der Waals surface area contributed by atoms with Gasteiger partial charge in [0.25, 0.3) is 0 Å². The SMILES string of the molecule is Cc1ccc(CNCCOCC2CC2)cc1Br. The van der Waals surface area contributed by atoms with Gasteiger partial charge in [0.05, 0.1) is 6.61 Å². The average molecular weight is 298 g/mol. The van der Waals surface area contributed by atoms with Gasteiger partial charge in [-0.15, -0.1) is 0 Å². The van der Waals surface area contributed by atoms with Crippen molar-refractivity contribution < 1.29 is 4.74 Å². The van der Waals surface area contributed by atoms with Crippen molar-refractivity contribution in [2.45, 2.75) is 26.3 Å². The summed E-state index contributed by atoms with van der Waals surface area (Å²) >= 11 is 3.55. The van der Waals surface area contributed by atoms with E-state index in [0.29, 0.717) is 0 Å². The van der Waals surface area contributed by atoms with Gasteiger partial charge >= 0.3 is 0 Å². The van der Waals surface area contributed by atoms with Crippen LogP contribution in [0.15, 0.2) is 22.7 Å². The molecule has 1 aliphatic rings. The normalized spacial score (nSPS) is 15.2. The molecule has 2 nitrogen and oxygen atoms in total. The molecule has 0 spiro atoms. The highest BCUT2D eigenvalue weighted by Crippen LogP contribution is 2.28. The maximum atomic E-state index is 5.57. The van der Waals surface area contributed by atoms with E-state index in [2.05, 4.69) is 46.4 Å². The Morgan fingerprint density at radius 3 is 2.94 bits per heavy atom. The van der Waals surface area contributed by atoms with Crippen LogP contribution in [0.1, 0.15) is 24.0 Å². The Bertz CT molecular complexity index is 363. The van der Waals surface area contributed by atoms with Crippen molar-refractivity contribution in [3.63, 3.8) is 0 Å². The van der Waals surface area contributed by atoms with Gasteiger partial charge in [-0.2, -0.15) is 0 Å². The van der Waals surface area contributed by atoms with Crippen LogP contribution in [-0.4, -0.2) is 19.8 Å². The van der Waals surface area contributed by atoms with Gasteiger partial charge in [-0.25, -0.2) is 0 Å². The highest BCUT2D eigenvalue weighted by atomic mass is 79.9. The molecule has 1 saturated carbocycles. The summed E-state index contributed by atoms with van der Waals surface area (Å²) in [6.45, 7) is 5.72. The van der Waals surface area contributed by atoms with Gasteiger partial charge in [-0.05, 0) is 42.9 Å². The van der Waals surface area contributed by atoms with Crippen molar-refractivity contribution in [1.29, 1.82) is 0 Å². The average Bonchev–Trinajstić information content (AvgIpc) is 3.12. The van der Waals surface area contributed by atoms with Gasteiger partial charge < -0.3 is 10.1 Å². The first-order valence-corrected chi connectivity index (χ1v) is 7.08. The van der Waals surface area contributed by atoms with Crippen LogP contribution < -0.4 is 5.32 Å². The van der Waals surface area contributed by atoms with Gasteiger partial charge in [0, 0.05) is 24.2 Å². The molecule has 17 heavy (non-hydrogen) atoms. The Kier molecular flexibility index (Phi) is 5.01. The van der Waals surface area contributed by atoms with Crippen molar-refractivity contribution in [1.82, 2.24) is 5.32 Å². The zero-order valence-electron chi connectivity index (χ0n) is 10.3. The number of ether oxygens (including phenoxy) is 1. The highest BCUT2D eigenvalue weighted by Gasteiger charge is 2.20. The van der Waals surface area contributed by atoms with Crippen LogP contribution in [0.5, 0.6) is 0 Å². The molecule has 2 rings (SSSR count). The van der Waals surface area contributed by atoms with E-state index in [1.807, 2.05) is 0 Å². The first kappa shape index (κ1) is 13.1. The van der Waals surface area contributed by atoms with Gasteiger partial charge in [0.1, 0.15) is 0 Å². The lowest BCUT2D eigenvalue weighted by molar-refractivity contribution is 0.126. The fourth-order valence-electron chi connectivity index (χ4n) is 1.66. The van der Waals surface area contributed by atoms with E-state index in [0.717, 1.165) is 32.2 Å². The summed E-state index contributed by atoms with van der Waals surface area (Å²) in [5.74, 6) is 0.864. The molecule has 1 aromatic carbocycles. The van der Waals surface area contributed by atoms with Gasteiger partial charge in [-0.3, -0.25) is 0 Å². The van der Waals surface area contributed by atoms with Crippen LogP contribution in [0.4, 0.5) is 0 Å². The van der Waals surface area contributed by atoms with Gasteiger partial charge in [0.2, 0.25) is 0 Å². The largest absolute Gasteiger partial charge is 0.380 e. The molecule has 0 aromatic heterocycles. The standard InChI is InChI=1S/C14H20BrNO/c1-11-2-3-13(8-14(11)15)9-16-6-7-17-10-12-4-5-12/h2-3,8,12,16H,4-7,9-10H2,1H3. The fraction of sp³-hybridized carbons (Fsp3) is 0.571. The zero-order chi connectivity index (χ0) is 12.1. The van der Waals surface area contributed by atoms with E-state index >= 15 is 0 Å². The molecule has 1 aliphatic carbocycles. The molecule has 0 heterocycles. The molecule has 0 unspecified atom stereocenters. The van der Waals surface area contributed by atoms with Crippen LogP contribution in [-0.2, 0) is 11.3 Å². The minimum Gasteiger partial charge on any atom is -0.380 e. The molecule has 0 aliphatic heterocycles. The lowest BCUT2D eigenvalue weighted by Crippen LogP contribution is -2.19. The molecule has 1 fully saturated rings. The van der Waals surface area contributed by atoms with Crippen molar-refractivity contribution in [3.8, 4) is 0 Å². The number of benzene rings is 1. The molecule has 1 aromatic rings. The number of hydrogen-bond acceptors (Lipinski definition) is 2. The number of halogens is 1. The molecular weight excluding hydrogens is 278 g/mol. The summed E-state index contributed by atoms with van der Waals surface area (Å²) in [7, 11) is 0. The first-order chi connectivity index (χ1) is 8.25. The third-order valence-corrected chi connectivity index (χ3v) is 3.89. The third-order valence-electron chi connectivity index (χ3n) is 3.04. The number of rotatable bonds is 7. The van der Waals surface area contributed by atoms with E-state index in [4.69, 9.17) is 4.74 Å².